The van der Waals surface area contributed by atoms with Crippen LogP contribution in [0.5, 0.6) is 0 Å². The molecule has 0 aromatic carbocycles. The van der Waals surface area contributed by atoms with Crippen molar-refractivity contribution in [3.8, 4) is 0 Å². The summed E-state index contributed by atoms with van der Waals surface area (Å²) >= 11 is 0. The monoisotopic (exact) mass is 252 g/mol. The van der Waals surface area contributed by atoms with Gasteiger partial charge in [0.2, 0.25) is 5.91 Å². The summed E-state index contributed by atoms with van der Waals surface area (Å²) in [5.74, 6) is 0.298. The molecule has 1 aromatic heterocycles. The predicted molar refractivity (Wildman–Crippen MR) is 67.4 cm³/mol. The number of carbonyl (C=O) groups is 1. The SMILES string of the molecule is CCNC(=O)C(C)Nc1cc(C)c([N+](=O)[O-])cn1. The first kappa shape index (κ1) is 13.9. The van der Waals surface area contributed by atoms with Gasteiger partial charge >= 0.3 is 0 Å². The average molecular weight is 252 g/mol. The minimum atomic E-state index is -0.487. The number of aromatic nitrogens is 1. The van der Waals surface area contributed by atoms with Crippen molar-refractivity contribution < 1.29 is 9.72 Å². The van der Waals surface area contributed by atoms with Gasteiger partial charge in [0, 0.05) is 12.1 Å². The number of carbonyl (C=O) groups excluding carboxylic acids is 1. The fourth-order valence-electron chi connectivity index (χ4n) is 1.43. The van der Waals surface area contributed by atoms with Gasteiger partial charge in [0.1, 0.15) is 18.1 Å². The van der Waals surface area contributed by atoms with E-state index in [0.29, 0.717) is 17.9 Å². The number of nitrogens with one attached hydrogen (secondary N) is 2. The molecule has 18 heavy (non-hydrogen) atoms. The molecule has 7 heteroatoms. The molecular formula is C11H16N4O3. The topological polar surface area (TPSA) is 97.2 Å². The van der Waals surface area contributed by atoms with E-state index < -0.39 is 11.0 Å². The molecule has 0 radical (unpaired) electrons. The Labute approximate surface area is 105 Å². The minimum Gasteiger partial charge on any atom is -0.359 e. The summed E-state index contributed by atoms with van der Waals surface area (Å²) in [7, 11) is 0. The van der Waals surface area contributed by atoms with Crippen LogP contribution in [0.3, 0.4) is 0 Å². The molecule has 0 bridgehead atoms. The van der Waals surface area contributed by atoms with Gasteiger partial charge in [-0.1, -0.05) is 0 Å². The molecule has 0 fully saturated rings. The summed E-state index contributed by atoms with van der Waals surface area (Å²) in [6.45, 7) is 5.71. The largest absolute Gasteiger partial charge is 0.359 e. The number of aryl methyl sites for hydroxylation is 1. The quantitative estimate of drug-likeness (QED) is 0.607. The van der Waals surface area contributed by atoms with E-state index in [2.05, 4.69) is 15.6 Å². The lowest BCUT2D eigenvalue weighted by Gasteiger charge is -2.13. The van der Waals surface area contributed by atoms with Gasteiger partial charge in [0.05, 0.1) is 4.92 Å². The van der Waals surface area contributed by atoms with E-state index in [9.17, 15) is 14.9 Å². The third-order valence-corrected chi connectivity index (χ3v) is 2.39. The number of hydrogen-bond donors (Lipinski definition) is 2. The zero-order chi connectivity index (χ0) is 13.7. The second kappa shape index (κ2) is 5.95. The molecule has 0 spiro atoms. The van der Waals surface area contributed by atoms with E-state index in [0.717, 1.165) is 0 Å². The lowest BCUT2D eigenvalue weighted by atomic mass is 10.2. The molecule has 0 saturated heterocycles. The standard InChI is InChI=1S/C11H16N4O3/c1-4-12-11(16)8(3)14-10-5-7(2)9(6-13-10)15(17)18/h5-6,8H,4H2,1-3H3,(H,12,16)(H,13,14). The number of amides is 1. The molecule has 98 valence electrons. The van der Waals surface area contributed by atoms with Gasteiger partial charge in [0.15, 0.2) is 0 Å². The van der Waals surface area contributed by atoms with Crippen molar-refractivity contribution in [3.63, 3.8) is 0 Å². The zero-order valence-corrected chi connectivity index (χ0v) is 10.6. The first-order chi connectivity index (χ1) is 8.45. The van der Waals surface area contributed by atoms with Gasteiger partial charge in [0.25, 0.3) is 5.69 Å². The normalized spacial score (nSPS) is 11.7. The maximum absolute atomic E-state index is 11.5. The highest BCUT2D eigenvalue weighted by molar-refractivity contribution is 5.83. The van der Waals surface area contributed by atoms with Gasteiger partial charge in [-0.3, -0.25) is 14.9 Å². The second-order valence-corrected chi connectivity index (χ2v) is 3.87. The molecule has 2 N–H and O–H groups in total. The van der Waals surface area contributed by atoms with Crippen LogP contribution in [0.25, 0.3) is 0 Å². The Bertz CT molecular complexity index is 462. The maximum Gasteiger partial charge on any atom is 0.290 e. The third-order valence-electron chi connectivity index (χ3n) is 2.39. The van der Waals surface area contributed by atoms with Crippen LogP contribution < -0.4 is 10.6 Å². The summed E-state index contributed by atoms with van der Waals surface area (Å²) < 4.78 is 0. The van der Waals surface area contributed by atoms with Crippen molar-refractivity contribution in [2.45, 2.75) is 26.8 Å². The van der Waals surface area contributed by atoms with Crippen LogP contribution >= 0.6 is 0 Å². The molecule has 1 atom stereocenters. The maximum atomic E-state index is 11.5. The Kier molecular flexibility index (Phi) is 4.59. The lowest BCUT2D eigenvalue weighted by Crippen LogP contribution is -2.37. The summed E-state index contributed by atoms with van der Waals surface area (Å²) in [6.07, 6.45) is 1.18. The Balaban J connectivity index is 2.77. The number of nitrogens with zero attached hydrogens (tertiary/aromatic N) is 2. The molecule has 0 saturated carbocycles. The van der Waals surface area contributed by atoms with Gasteiger partial charge in [-0.15, -0.1) is 0 Å². The number of rotatable bonds is 5. The Morgan fingerprint density at radius 2 is 2.28 bits per heavy atom. The summed E-state index contributed by atoms with van der Waals surface area (Å²) in [5.41, 5.74) is 0.465. The number of nitro groups is 1. The van der Waals surface area contributed by atoms with E-state index in [4.69, 9.17) is 0 Å². The molecule has 1 unspecified atom stereocenters. The summed E-state index contributed by atoms with van der Waals surface area (Å²) in [5, 5.41) is 16.2. The van der Waals surface area contributed by atoms with Crippen molar-refractivity contribution in [2.75, 3.05) is 11.9 Å². The van der Waals surface area contributed by atoms with E-state index in [1.165, 1.54) is 6.20 Å². The van der Waals surface area contributed by atoms with Crippen LogP contribution in [0, 0.1) is 17.0 Å². The van der Waals surface area contributed by atoms with Crippen molar-refractivity contribution in [3.05, 3.63) is 27.9 Å². The van der Waals surface area contributed by atoms with Crippen LogP contribution in [0.2, 0.25) is 0 Å². The smallest absolute Gasteiger partial charge is 0.290 e. The van der Waals surface area contributed by atoms with Crippen molar-refractivity contribution in [2.24, 2.45) is 0 Å². The predicted octanol–water partition coefficient (Wildman–Crippen LogP) is 1.23. The molecule has 0 aliphatic heterocycles. The van der Waals surface area contributed by atoms with E-state index in [1.807, 2.05) is 6.92 Å². The summed E-state index contributed by atoms with van der Waals surface area (Å²) in [4.78, 5) is 25.6. The number of hydrogen-bond acceptors (Lipinski definition) is 5. The molecule has 1 amide bonds. The van der Waals surface area contributed by atoms with Crippen molar-refractivity contribution in [1.29, 1.82) is 0 Å². The fraction of sp³-hybridized carbons (Fsp3) is 0.455. The Morgan fingerprint density at radius 1 is 1.61 bits per heavy atom. The van der Waals surface area contributed by atoms with E-state index in [1.54, 1.807) is 19.9 Å². The first-order valence-corrected chi connectivity index (χ1v) is 5.61. The lowest BCUT2D eigenvalue weighted by molar-refractivity contribution is -0.385. The van der Waals surface area contributed by atoms with Crippen molar-refractivity contribution in [1.82, 2.24) is 10.3 Å². The molecule has 0 aliphatic carbocycles. The van der Waals surface area contributed by atoms with Gasteiger partial charge in [-0.25, -0.2) is 4.98 Å². The van der Waals surface area contributed by atoms with Crippen LogP contribution in [-0.2, 0) is 4.79 Å². The number of anilines is 1. The average Bonchev–Trinajstić information content (AvgIpc) is 2.28. The number of pyridine rings is 1. The van der Waals surface area contributed by atoms with Gasteiger partial charge in [-0.05, 0) is 26.8 Å². The zero-order valence-electron chi connectivity index (χ0n) is 10.6. The minimum absolute atomic E-state index is 0.0359. The molecule has 0 aliphatic rings. The Morgan fingerprint density at radius 3 is 2.78 bits per heavy atom. The number of likely N-dealkylation sites (N-methyl/N-ethyl adjacent to an activating group) is 1. The van der Waals surface area contributed by atoms with Crippen LogP contribution in [0.15, 0.2) is 12.3 Å². The fourth-order valence-corrected chi connectivity index (χ4v) is 1.43. The highest BCUT2D eigenvalue weighted by Gasteiger charge is 2.15. The van der Waals surface area contributed by atoms with E-state index >= 15 is 0 Å². The third kappa shape index (κ3) is 3.41. The summed E-state index contributed by atoms with van der Waals surface area (Å²) in [6, 6.07) is 1.10. The molecular weight excluding hydrogens is 236 g/mol. The molecule has 1 rings (SSSR count). The van der Waals surface area contributed by atoms with E-state index in [-0.39, 0.29) is 11.6 Å². The van der Waals surface area contributed by atoms with Gasteiger partial charge < -0.3 is 10.6 Å². The van der Waals surface area contributed by atoms with Crippen LogP contribution in [0.1, 0.15) is 19.4 Å². The molecule has 7 nitrogen and oxygen atoms in total. The van der Waals surface area contributed by atoms with Crippen LogP contribution in [-0.4, -0.2) is 28.4 Å². The first-order valence-electron chi connectivity index (χ1n) is 5.61. The second-order valence-electron chi connectivity index (χ2n) is 3.87. The van der Waals surface area contributed by atoms with Crippen LogP contribution in [0.4, 0.5) is 11.5 Å². The van der Waals surface area contributed by atoms with Gasteiger partial charge in [-0.2, -0.15) is 0 Å². The highest BCUT2D eigenvalue weighted by atomic mass is 16.6. The molecule has 1 aromatic rings. The van der Waals surface area contributed by atoms with Crippen molar-refractivity contribution >= 4 is 17.4 Å². The highest BCUT2D eigenvalue weighted by Crippen LogP contribution is 2.19. The Hall–Kier alpha value is -2.18. The molecule has 1 heterocycles.